The normalized spacial score (nSPS) is 15.3. The molecule has 5 heteroatoms. The third kappa shape index (κ3) is 3.34. The lowest BCUT2D eigenvalue weighted by atomic mass is 10.2. The zero-order valence-corrected chi connectivity index (χ0v) is 8.82. The number of hydrogen-bond donors (Lipinski definition) is 1. The summed E-state index contributed by atoms with van der Waals surface area (Å²) in [6, 6.07) is 0.447. The van der Waals surface area contributed by atoms with Gasteiger partial charge in [-0.05, 0) is 26.2 Å². The van der Waals surface area contributed by atoms with E-state index < -0.39 is 0 Å². The standard InChI is InChI=1S/C10H15N3O2/c1-7-11-10(15-13-7)4-2-3-9(14)12-8-5-6-8/h8H,2-6H2,1H3,(H,12,14). The third-order valence-electron chi connectivity index (χ3n) is 2.31. The van der Waals surface area contributed by atoms with Crippen molar-refractivity contribution in [3.05, 3.63) is 11.7 Å². The van der Waals surface area contributed by atoms with Gasteiger partial charge in [0.2, 0.25) is 11.8 Å². The van der Waals surface area contributed by atoms with Crippen molar-refractivity contribution in [2.75, 3.05) is 0 Å². The first-order valence-electron chi connectivity index (χ1n) is 5.32. The highest BCUT2D eigenvalue weighted by Gasteiger charge is 2.22. The fraction of sp³-hybridized carbons (Fsp3) is 0.700. The highest BCUT2D eigenvalue weighted by molar-refractivity contribution is 5.76. The number of hydrogen-bond acceptors (Lipinski definition) is 4. The smallest absolute Gasteiger partial charge is 0.226 e. The highest BCUT2D eigenvalue weighted by Crippen LogP contribution is 2.18. The molecule has 82 valence electrons. The van der Waals surface area contributed by atoms with E-state index in [1.165, 1.54) is 0 Å². The van der Waals surface area contributed by atoms with E-state index in [0.717, 1.165) is 19.3 Å². The van der Waals surface area contributed by atoms with E-state index in [1.807, 2.05) is 0 Å². The molecule has 1 amide bonds. The monoisotopic (exact) mass is 209 g/mol. The van der Waals surface area contributed by atoms with Crippen LogP contribution in [0.25, 0.3) is 0 Å². The average Bonchev–Trinajstić information content (AvgIpc) is 2.89. The van der Waals surface area contributed by atoms with Crippen LogP contribution in [0.15, 0.2) is 4.52 Å². The SMILES string of the molecule is Cc1noc(CCCC(=O)NC2CC2)n1. The van der Waals surface area contributed by atoms with Gasteiger partial charge in [-0.3, -0.25) is 4.79 Å². The predicted octanol–water partition coefficient (Wildman–Crippen LogP) is 0.979. The molecule has 2 rings (SSSR count). The van der Waals surface area contributed by atoms with E-state index in [4.69, 9.17) is 4.52 Å². The lowest BCUT2D eigenvalue weighted by Gasteiger charge is -2.00. The Labute approximate surface area is 88.2 Å². The Morgan fingerprint density at radius 2 is 2.40 bits per heavy atom. The molecule has 0 atom stereocenters. The Balaban J connectivity index is 1.63. The van der Waals surface area contributed by atoms with Gasteiger partial charge in [0, 0.05) is 18.9 Å². The van der Waals surface area contributed by atoms with E-state index in [0.29, 0.717) is 30.6 Å². The molecule has 1 aliphatic carbocycles. The maximum absolute atomic E-state index is 11.3. The van der Waals surface area contributed by atoms with Crippen LogP contribution in [0, 0.1) is 6.92 Å². The van der Waals surface area contributed by atoms with Gasteiger partial charge in [-0.25, -0.2) is 0 Å². The molecule has 1 N–H and O–H groups in total. The Morgan fingerprint density at radius 1 is 1.60 bits per heavy atom. The fourth-order valence-corrected chi connectivity index (χ4v) is 1.37. The van der Waals surface area contributed by atoms with Crippen LogP contribution in [-0.2, 0) is 11.2 Å². The summed E-state index contributed by atoms with van der Waals surface area (Å²) in [5.74, 6) is 1.40. The molecule has 0 aliphatic heterocycles. The Bertz CT molecular complexity index is 344. The number of carbonyl (C=O) groups is 1. The van der Waals surface area contributed by atoms with Crippen molar-refractivity contribution < 1.29 is 9.32 Å². The first kappa shape index (κ1) is 10.1. The van der Waals surface area contributed by atoms with E-state index in [9.17, 15) is 4.79 Å². The molecule has 5 nitrogen and oxygen atoms in total. The Morgan fingerprint density at radius 3 is 3.00 bits per heavy atom. The number of carbonyl (C=O) groups excluding carboxylic acids is 1. The van der Waals surface area contributed by atoms with Crippen molar-refractivity contribution >= 4 is 5.91 Å². The average molecular weight is 209 g/mol. The molecule has 0 spiro atoms. The largest absolute Gasteiger partial charge is 0.353 e. The number of nitrogens with one attached hydrogen (secondary N) is 1. The van der Waals surface area contributed by atoms with Crippen LogP contribution in [0.2, 0.25) is 0 Å². The van der Waals surface area contributed by atoms with Gasteiger partial charge in [-0.1, -0.05) is 5.16 Å². The van der Waals surface area contributed by atoms with Crippen molar-refractivity contribution in [1.82, 2.24) is 15.5 Å². The summed E-state index contributed by atoms with van der Waals surface area (Å²) < 4.78 is 4.95. The Hall–Kier alpha value is -1.39. The molecule has 15 heavy (non-hydrogen) atoms. The first-order valence-corrected chi connectivity index (χ1v) is 5.32. The van der Waals surface area contributed by atoms with Crippen molar-refractivity contribution in [2.45, 2.75) is 45.1 Å². The minimum atomic E-state index is 0.133. The van der Waals surface area contributed by atoms with Crippen LogP contribution in [-0.4, -0.2) is 22.1 Å². The third-order valence-corrected chi connectivity index (χ3v) is 2.31. The van der Waals surface area contributed by atoms with Gasteiger partial charge in [-0.15, -0.1) is 0 Å². The minimum absolute atomic E-state index is 0.133. The predicted molar refractivity (Wildman–Crippen MR) is 53.1 cm³/mol. The van der Waals surface area contributed by atoms with Gasteiger partial charge in [0.05, 0.1) is 0 Å². The van der Waals surface area contributed by atoms with Gasteiger partial charge in [-0.2, -0.15) is 4.98 Å². The van der Waals surface area contributed by atoms with Gasteiger partial charge in [0.25, 0.3) is 0 Å². The quantitative estimate of drug-likeness (QED) is 0.784. The molecule has 0 radical (unpaired) electrons. The molecular formula is C10H15N3O2. The van der Waals surface area contributed by atoms with E-state index in [-0.39, 0.29) is 5.91 Å². The van der Waals surface area contributed by atoms with Crippen molar-refractivity contribution in [3.8, 4) is 0 Å². The first-order chi connectivity index (χ1) is 7.24. The lowest BCUT2D eigenvalue weighted by molar-refractivity contribution is -0.121. The molecule has 0 aromatic carbocycles. The van der Waals surface area contributed by atoms with E-state index in [1.54, 1.807) is 6.92 Å². The van der Waals surface area contributed by atoms with Gasteiger partial charge < -0.3 is 9.84 Å². The summed E-state index contributed by atoms with van der Waals surface area (Å²) in [7, 11) is 0. The van der Waals surface area contributed by atoms with Crippen LogP contribution in [0.5, 0.6) is 0 Å². The second-order valence-electron chi connectivity index (χ2n) is 3.93. The van der Waals surface area contributed by atoms with Crippen LogP contribution in [0.4, 0.5) is 0 Å². The second-order valence-corrected chi connectivity index (χ2v) is 3.93. The van der Waals surface area contributed by atoms with Crippen LogP contribution < -0.4 is 5.32 Å². The summed E-state index contributed by atoms with van der Waals surface area (Å²) in [6.07, 6.45) is 4.25. The molecule has 1 aromatic heterocycles. The summed E-state index contributed by atoms with van der Waals surface area (Å²) >= 11 is 0. The van der Waals surface area contributed by atoms with Gasteiger partial charge in [0.15, 0.2) is 5.82 Å². The summed E-state index contributed by atoms with van der Waals surface area (Å²) in [6.45, 7) is 1.78. The van der Waals surface area contributed by atoms with Crippen molar-refractivity contribution in [2.24, 2.45) is 0 Å². The van der Waals surface area contributed by atoms with E-state index >= 15 is 0 Å². The van der Waals surface area contributed by atoms with E-state index in [2.05, 4.69) is 15.5 Å². The fourth-order valence-electron chi connectivity index (χ4n) is 1.37. The van der Waals surface area contributed by atoms with Crippen LogP contribution >= 0.6 is 0 Å². The maximum Gasteiger partial charge on any atom is 0.226 e. The molecule has 1 fully saturated rings. The van der Waals surface area contributed by atoms with Gasteiger partial charge >= 0.3 is 0 Å². The zero-order chi connectivity index (χ0) is 10.7. The summed E-state index contributed by atoms with van der Waals surface area (Å²) in [4.78, 5) is 15.4. The minimum Gasteiger partial charge on any atom is -0.353 e. The van der Waals surface area contributed by atoms with Crippen LogP contribution in [0.3, 0.4) is 0 Å². The number of aromatic nitrogens is 2. The van der Waals surface area contributed by atoms with Crippen molar-refractivity contribution in [3.63, 3.8) is 0 Å². The molecule has 1 heterocycles. The lowest BCUT2D eigenvalue weighted by Crippen LogP contribution is -2.24. The maximum atomic E-state index is 11.3. The number of rotatable bonds is 5. The number of amides is 1. The molecule has 0 bridgehead atoms. The topological polar surface area (TPSA) is 68.0 Å². The summed E-state index contributed by atoms with van der Waals surface area (Å²) in [5.41, 5.74) is 0. The molecule has 1 aliphatic rings. The summed E-state index contributed by atoms with van der Waals surface area (Å²) in [5, 5.41) is 6.63. The molecule has 1 aromatic rings. The highest BCUT2D eigenvalue weighted by atomic mass is 16.5. The Kier molecular flexibility index (Phi) is 2.99. The molecule has 1 saturated carbocycles. The second kappa shape index (κ2) is 4.42. The number of aryl methyl sites for hydroxylation is 2. The molecular weight excluding hydrogens is 194 g/mol. The molecule has 0 saturated heterocycles. The van der Waals surface area contributed by atoms with Crippen LogP contribution in [0.1, 0.15) is 37.4 Å². The van der Waals surface area contributed by atoms with Gasteiger partial charge in [0.1, 0.15) is 0 Å². The zero-order valence-electron chi connectivity index (χ0n) is 8.82. The van der Waals surface area contributed by atoms with Crippen molar-refractivity contribution in [1.29, 1.82) is 0 Å². The molecule has 0 unspecified atom stereocenters. The number of nitrogens with zero attached hydrogens (tertiary/aromatic N) is 2.